The second-order valence-corrected chi connectivity index (χ2v) is 46.3. The van der Waals surface area contributed by atoms with Gasteiger partial charge in [0, 0.05) is 93.7 Å². The summed E-state index contributed by atoms with van der Waals surface area (Å²) in [5.41, 5.74) is 0.799. The van der Waals surface area contributed by atoms with E-state index in [1.807, 2.05) is 13.8 Å². The standard InChI is InChI=1S/C21H25NO9P2.2C19H23NO9P2.C15H15F2NO7P2/c23-19(16-6-2-1-3-7-16)29-18-10-8-17(9-11-18)20-30-32(25,26)21(24,33(27,28)31-20)13-15-5-4-12-22-14-15;1-13(2)10-17(21)27-16-8-4-3-7-15(16)18-28-30(23,24)19(22,31(25,26)29-18)11-14-6-5-9-20-12-14;1-3-5-17(21)27-16-8-7-13(2)10-15(16)18-28-30(23,24)19(22,31(25,26)29-18)11-14-6-4-9-20-12-14;1-9-5-11(16)13(12(17)6-9)14-24-26(20,21)15(19,27(22,23)25-14)7-10-3-2-4-18-8-10/h4-5,8-12,14,16,20,24H,1-3,6-7,13H2,(H,25,26)(H,27,28);3-9,12-13,18,22H,10-11H2,1-2H3,(H,23,24)(H,25,26);4,6-10,12,18,22H,3,5,11H2,1-2H3,(H,23,24)(H,25,26);2-6,8,14,19H,7H2,1H3,(H,20,21)(H,22,23). The first-order chi connectivity index (χ1) is 57.0. The molecule has 4 aromatic carbocycles. The van der Waals surface area contributed by atoms with Gasteiger partial charge in [0.2, 0.25) is 25.2 Å². The highest BCUT2D eigenvalue weighted by atomic mass is 31.3. The molecule has 8 atom stereocenters. The van der Waals surface area contributed by atoms with Gasteiger partial charge < -0.3 is 73.8 Å². The van der Waals surface area contributed by atoms with Crippen molar-refractivity contribution in [3.05, 3.63) is 244 Å². The number of carbonyl (C=O) groups excluding carboxylic acids is 3. The van der Waals surface area contributed by atoms with Crippen LogP contribution in [0.5, 0.6) is 17.2 Å². The third-order valence-corrected chi connectivity index (χ3v) is 37.4. The Morgan fingerprint density at radius 2 is 0.795 bits per heavy atom. The fourth-order valence-corrected chi connectivity index (χ4v) is 26.8. The van der Waals surface area contributed by atoms with Gasteiger partial charge in [-0.05, 0) is 134 Å². The molecule has 5 fully saturated rings. The van der Waals surface area contributed by atoms with E-state index in [0.29, 0.717) is 12.0 Å². The van der Waals surface area contributed by atoms with Crippen LogP contribution in [-0.2, 0) is 113 Å². The van der Waals surface area contributed by atoms with Crippen LogP contribution in [0, 0.1) is 37.3 Å². The van der Waals surface area contributed by atoms with Crippen LogP contribution in [0.15, 0.2) is 177 Å². The number of carbonyl (C=O) groups is 3. The molecule has 122 heavy (non-hydrogen) atoms. The molecule has 0 amide bonds. The number of halogens is 2. The minimum Gasteiger partial charge on any atom is -0.426 e. The second kappa shape index (κ2) is 38.9. The van der Waals surface area contributed by atoms with Crippen molar-refractivity contribution < 1.29 is 170 Å². The molecule has 5 aliphatic rings. The molecular weight excluding hydrogens is 1770 g/mol. The maximum absolute atomic E-state index is 14.1. The number of hydrogen-bond donors (Lipinski definition) is 12. The average molecular weight is 1860 g/mol. The van der Waals surface area contributed by atoms with Crippen LogP contribution < -0.4 is 14.2 Å². The Morgan fingerprint density at radius 3 is 1.17 bits per heavy atom. The van der Waals surface area contributed by atoms with Gasteiger partial charge >= 0.3 is 78.7 Å². The van der Waals surface area contributed by atoms with Crippen molar-refractivity contribution in [2.45, 2.75) is 157 Å². The minimum atomic E-state index is -5.31. The summed E-state index contributed by atoms with van der Waals surface area (Å²) >= 11 is 0. The molecule has 38 nitrogen and oxygen atoms in total. The fourth-order valence-electron chi connectivity index (χ4n) is 12.5. The number of aromatic nitrogens is 4. The molecular formula is C74H86F2N4O34P8. The van der Waals surface area contributed by atoms with E-state index < -0.39 is 161 Å². The van der Waals surface area contributed by atoms with Crippen molar-refractivity contribution in [3.8, 4) is 17.2 Å². The number of aryl methyl sites for hydroxylation is 2. The van der Waals surface area contributed by atoms with E-state index in [2.05, 4.69) is 19.9 Å². The highest BCUT2D eigenvalue weighted by molar-refractivity contribution is 7.75. The van der Waals surface area contributed by atoms with E-state index >= 15 is 0 Å². The monoisotopic (exact) mass is 1860 g/mol. The summed E-state index contributed by atoms with van der Waals surface area (Å²) in [4.78, 5) is 135. The summed E-state index contributed by atoms with van der Waals surface area (Å²) in [7, 11) is -41.3. The van der Waals surface area contributed by atoms with Crippen molar-refractivity contribution >= 4 is 78.7 Å². The molecule has 8 heterocycles. The number of pyridine rings is 4. The lowest BCUT2D eigenvalue weighted by molar-refractivity contribution is -0.140. The van der Waals surface area contributed by atoms with Crippen molar-refractivity contribution in [3.63, 3.8) is 0 Å². The largest absolute Gasteiger partial charge is 0.426 e. The number of nitrogens with zero attached hydrogens (tertiary/aromatic N) is 4. The summed E-state index contributed by atoms with van der Waals surface area (Å²) in [5.74, 6) is -3.79. The number of ether oxygens (including phenoxy) is 3. The lowest BCUT2D eigenvalue weighted by Gasteiger charge is -2.41. The Hall–Kier alpha value is -7.21. The van der Waals surface area contributed by atoms with E-state index in [4.69, 9.17) is 50.4 Å². The molecule has 0 radical (unpaired) electrons. The lowest BCUT2D eigenvalue weighted by Crippen LogP contribution is -2.38. The SMILES string of the molecule is CC(C)CC(=O)Oc1ccccc1C1OP(=O)(O)C(O)(Cc2cccnc2)P(=O)(O)O1.CCCC(=O)Oc1ccc(C)cc1C1OP(=O)(O)C(O)(Cc2cccnc2)P(=O)(O)O1.Cc1cc(F)c(C2OP(=O)(O)C(O)(Cc3cccnc3)P(=O)(O)O2)c(F)c1.O=C(Oc1ccc(C2OP(=O)(O)C(O)(Cc3cccnc3)P(=O)(O)O2)cc1)C1CCCCC1. The average Bonchev–Trinajstić information content (AvgIpc) is 0.737. The van der Waals surface area contributed by atoms with Gasteiger partial charge in [-0.15, -0.1) is 0 Å². The molecule has 8 unspecified atom stereocenters. The summed E-state index contributed by atoms with van der Waals surface area (Å²) in [6.45, 7) is 8.54. The number of rotatable bonds is 20. The first kappa shape index (κ1) is 97.0. The zero-order chi connectivity index (χ0) is 89.5. The predicted octanol–water partition coefficient (Wildman–Crippen LogP) is 13.6. The molecule has 4 aromatic heterocycles. The zero-order valence-electron chi connectivity index (χ0n) is 65.2. The normalized spacial score (nSPS) is 32.0. The summed E-state index contributed by atoms with van der Waals surface area (Å²) in [6.07, 6.45) is 5.65. The Kier molecular flexibility index (Phi) is 31.0. The minimum absolute atomic E-state index is 0.0274. The molecule has 0 bridgehead atoms. The quantitative estimate of drug-likeness (QED) is 0.0191. The van der Waals surface area contributed by atoms with Crippen molar-refractivity contribution in [2.24, 2.45) is 11.8 Å². The Labute approximate surface area is 695 Å². The van der Waals surface area contributed by atoms with E-state index in [1.54, 1.807) is 26.0 Å². The van der Waals surface area contributed by atoms with Crippen LogP contribution in [0.4, 0.5) is 8.78 Å². The molecule has 48 heteroatoms. The molecule has 4 saturated heterocycles. The first-order valence-electron chi connectivity index (χ1n) is 37.0. The molecule has 4 aliphatic heterocycles. The Morgan fingerprint density at radius 1 is 0.434 bits per heavy atom. The van der Waals surface area contributed by atoms with Crippen molar-refractivity contribution in [2.75, 3.05) is 0 Å². The maximum Gasteiger partial charge on any atom is 0.374 e. The van der Waals surface area contributed by atoms with Crippen LogP contribution in [0.1, 0.15) is 153 Å². The third-order valence-electron chi connectivity index (χ3n) is 19.0. The summed E-state index contributed by atoms with van der Waals surface area (Å²) < 4.78 is 187. The zero-order valence-corrected chi connectivity index (χ0v) is 72.3. The Bertz CT molecular complexity index is 5370. The highest BCUT2D eigenvalue weighted by Gasteiger charge is 2.71. The number of esters is 3. The predicted molar refractivity (Wildman–Crippen MR) is 423 cm³/mol. The van der Waals surface area contributed by atoms with Gasteiger partial charge in [0.25, 0.3) is 20.3 Å². The van der Waals surface area contributed by atoms with E-state index in [-0.39, 0.29) is 92.4 Å². The van der Waals surface area contributed by atoms with Gasteiger partial charge in [-0.2, -0.15) is 0 Å². The van der Waals surface area contributed by atoms with Gasteiger partial charge in [0.15, 0.2) is 0 Å². The molecule has 660 valence electrons. The highest BCUT2D eigenvalue weighted by Crippen LogP contribution is 2.83. The van der Waals surface area contributed by atoms with E-state index in [0.717, 1.165) is 44.2 Å². The number of para-hydroxylation sites is 1. The molecule has 8 aromatic rings. The number of hydrogen-bond acceptors (Lipinski definition) is 30. The van der Waals surface area contributed by atoms with Gasteiger partial charge in [0.1, 0.15) is 28.9 Å². The number of benzene rings is 4. The molecule has 12 N–H and O–H groups in total. The lowest BCUT2D eigenvalue weighted by atomic mass is 9.89. The van der Waals surface area contributed by atoms with Crippen LogP contribution in [0.25, 0.3) is 0 Å². The van der Waals surface area contributed by atoms with E-state index in [1.165, 1.54) is 160 Å². The fraction of sp³-hybridized carbons (Fsp3) is 0.365. The van der Waals surface area contributed by atoms with Crippen molar-refractivity contribution in [1.29, 1.82) is 0 Å². The maximum atomic E-state index is 14.1. The van der Waals surface area contributed by atoms with Gasteiger partial charge in [-0.1, -0.05) is 106 Å². The van der Waals surface area contributed by atoms with Gasteiger partial charge in [-0.25, -0.2) is 8.78 Å². The summed E-state index contributed by atoms with van der Waals surface area (Å²) in [5, 5.41) is 30.3. The Balaban J connectivity index is 0.000000171. The van der Waals surface area contributed by atoms with Crippen LogP contribution in [0.2, 0.25) is 0 Å². The van der Waals surface area contributed by atoms with Crippen LogP contribution in [-0.4, -0.2) is 118 Å². The van der Waals surface area contributed by atoms with Gasteiger partial charge in [0.05, 0.1) is 22.6 Å². The van der Waals surface area contributed by atoms with Gasteiger partial charge in [-0.3, -0.25) is 107 Å². The van der Waals surface area contributed by atoms with E-state index in [9.17, 15) is 119 Å². The smallest absolute Gasteiger partial charge is 0.374 e. The molecule has 0 spiro atoms. The topological polar surface area (TPSA) is 584 Å². The summed E-state index contributed by atoms with van der Waals surface area (Å²) in [6, 6.07) is 29.4. The molecule has 1 aliphatic carbocycles. The number of aliphatic hydroxyl groups is 4. The van der Waals surface area contributed by atoms with Crippen LogP contribution >= 0.6 is 60.8 Å². The first-order valence-corrected chi connectivity index (χ1v) is 49.6. The van der Waals surface area contributed by atoms with Crippen LogP contribution in [0.3, 0.4) is 0 Å². The third kappa shape index (κ3) is 21.9. The molecule has 1 saturated carbocycles. The second-order valence-electron chi connectivity index (χ2n) is 28.9. The molecule has 13 rings (SSSR count). The van der Waals surface area contributed by atoms with Crippen molar-refractivity contribution in [1.82, 2.24) is 19.9 Å².